The first-order valence-electron chi connectivity index (χ1n) is 4.28. The summed E-state index contributed by atoms with van der Waals surface area (Å²) >= 11 is 5.69. The Balaban J connectivity index is 2.85. The number of ether oxygens (including phenoxy) is 1. The fraction of sp³-hybridized carbons (Fsp3) is 0.300. The van der Waals surface area contributed by atoms with E-state index >= 15 is 0 Å². The third kappa shape index (κ3) is 3.11. The normalized spacial score (nSPS) is 12.2. The molecular formula is C10H11ClO4. The predicted octanol–water partition coefficient (Wildman–Crippen LogP) is 1.64. The number of phenolic OH excluding ortho intramolecular Hbond substituents is 1. The van der Waals surface area contributed by atoms with Gasteiger partial charge in [-0.25, -0.2) is 0 Å². The number of hydrogen-bond donors (Lipinski definition) is 2. The molecule has 82 valence electrons. The maximum Gasteiger partial charge on any atom is 0.308 e. The number of rotatable bonds is 3. The highest BCUT2D eigenvalue weighted by molar-refractivity contribution is 6.30. The average molecular weight is 231 g/mol. The van der Waals surface area contributed by atoms with Gasteiger partial charge in [-0.05, 0) is 18.2 Å². The van der Waals surface area contributed by atoms with Crippen molar-refractivity contribution in [1.29, 1.82) is 0 Å². The van der Waals surface area contributed by atoms with Crippen molar-refractivity contribution in [3.05, 3.63) is 28.8 Å². The molecule has 4 nitrogen and oxygen atoms in total. The van der Waals surface area contributed by atoms with Gasteiger partial charge in [0.25, 0.3) is 0 Å². The summed E-state index contributed by atoms with van der Waals surface area (Å²) in [5.74, 6) is -0.655. The van der Waals surface area contributed by atoms with Crippen LogP contribution in [0, 0.1) is 0 Å². The third-order valence-electron chi connectivity index (χ3n) is 1.94. The molecule has 0 fully saturated rings. The zero-order valence-electron chi connectivity index (χ0n) is 8.11. The smallest absolute Gasteiger partial charge is 0.308 e. The molecule has 0 amide bonds. The quantitative estimate of drug-likeness (QED) is 0.775. The van der Waals surface area contributed by atoms with Gasteiger partial charge in [-0.15, -0.1) is 0 Å². The Morgan fingerprint density at radius 2 is 2.27 bits per heavy atom. The van der Waals surface area contributed by atoms with Crippen molar-refractivity contribution in [2.45, 2.75) is 12.5 Å². The summed E-state index contributed by atoms with van der Waals surface area (Å²) < 4.78 is 4.40. The number of methoxy groups -OCH3 is 1. The van der Waals surface area contributed by atoms with Crippen molar-refractivity contribution in [2.24, 2.45) is 0 Å². The highest BCUT2D eigenvalue weighted by atomic mass is 35.5. The van der Waals surface area contributed by atoms with Gasteiger partial charge in [0.15, 0.2) is 0 Å². The summed E-state index contributed by atoms with van der Waals surface area (Å²) in [5.41, 5.74) is 0.216. The second kappa shape index (κ2) is 5.00. The standard InChI is InChI=1S/C10H11ClO4/c1-15-10(14)5-9(13)7-4-6(11)2-3-8(7)12/h2-4,9,12-13H,5H2,1H3/t9-/m0/s1. The molecule has 0 bridgehead atoms. The minimum Gasteiger partial charge on any atom is -0.508 e. The van der Waals surface area contributed by atoms with E-state index in [1.807, 2.05) is 0 Å². The summed E-state index contributed by atoms with van der Waals surface area (Å²) in [6.07, 6.45) is -1.33. The molecule has 15 heavy (non-hydrogen) atoms. The van der Waals surface area contributed by atoms with E-state index in [0.29, 0.717) is 5.02 Å². The van der Waals surface area contributed by atoms with Crippen LogP contribution < -0.4 is 0 Å². The molecule has 0 saturated heterocycles. The lowest BCUT2D eigenvalue weighted by atomic mass is 10.1. The number of aliphatic hydroxyl groups is 1. The van der Waals surface area contributed by atoms with Gasteiger partial charge in [0.2, 0.25) is 0 Å². The molecule has 0 aromatic heterocycles. The molecule has 1 rings (SSSR count). The molecule has 0 aliphatic carbocycles. The predicted molar refractivity (Wildman–Crippen MR) is 54.7 cm³/mol. The average Bonchev–Trinajstić information content (AvgIpc) is 2.21. The fourth-order valence-corrected chi connectivity index (χ4v) is 1.32. The first-order valence-corrected chi connectivity index (χ1v) is 4.65. The Morgan fingerprint density at radius 3 is 2.87 bits per heavy atom. The molecule has 0 radical (unpaired) electrons. The molecule has 1 atom stereocenters. The van der Waals surface area contributed by atoms with E-state index in [4.69, 9.17) is 11.6 Å². The summed E-state index contributed by atoms with van der Waals surface area (Å²) in [7, 11) is 1.23. The van der Waals surface area contributed by atoms with Crippen LogP contribution in [0.4, 0.5) is 0 Å². The highest BCUT2D eigenvalue weighted by Gasteiger charge is 2.16. The van der Waals surface area contributed by atoms with Gasteiger partial charge >= 0.3 is 5.97 Å². The topological polar surface area (TPSA) is 66.8 Å². The van der Waals surface area contributed by atoms with Crippen LogP contribution in [0.1, 0.15) is 18.1 Å². The third-order valence-corrected chi connectivity index (χ3v) is 2.17. The number of aromatic hydroxyl groups is 1. The number of esters is 1. The van der Waals surface area contributed by atoms with Gasteiger partial charge in [-0.1, -0.05) is 11.6 Å². The van der Waals surface area contributed by atoms with E-state index in [-0.39, 0.29) is 17.7 Å². The number of benzene rings is 1. The van der Waals surface area contributed by atoms with Gasteiger partial charge in [0.1, 0.15) is 5.75 Å². The molecule has 1 aromatic carbocycles. The van der Waals surface area contributed by atoms with Crippen LogP contribution in [0.25, 0.3) is 0 Å². The summed E-state index contributed by atoms with van der Waals surface area (Å²) in [6.45, 7) is 0. The molecule has 2 N–H and O–H groups in total. The molecular weight excluding hydrogens is 220 g/mol. The monoisotopic (exact) mass is 230 g/mol. The molecule has 0 aliphatic heterocycles. The van der Waals surface area contributed by atoms with E-state index < -0.39 is 12.1 Å². The minimum atomic E-state index is -1.11. The molecule has 0 spiro atoms. The highest BCUT2D eigenvalue weighted by Crippen LogP contribution is 2.29. The molecule has 0 heterocycles. The minimum absolute atomic E-state index is 0.101. The first-order chi connectivity index (χ1) is 7.04. The Morgan fingerprint density at radius 1 is 1.60 bits per heavy atom. The SMILES string of the molecule is COC(=O)C[C@H](O)c1cc(Cl)ccc1O. The van der Waals surface area contributed by atoms with Crippen LogP contribution in [0.3, 0.4) is 0 Å². The second-order valence-electron chi connectivity index (χ2n) is 3.00. The Labute approximate surface area is 92.1 Å². The summed E-state index contributed by atoms with van der Waals surface area (Å²) in [4.78, 5) is 10.9. The zero-order chi connectivity index (χ0) is 11.4. The van der Waals surface area contributed by atoms with Crippen molar-refractivity contribution >= 4 is 17.6 Å². The van der Waals surface area contributed by atoms with Crippen LogP contribution in [-0.4, -0.2) is 23.3 Å². The lowest BCUT2D eigenvalue weighted by molar-refractivity contribution is -0.142. The largest absolute Gasteiger partial charge is 0.508 e. The van der Waals surface area contributed by atoms with Crippen molar-refractivity contribution in [3.8, 4) is 5.75 Å². The zero-order valence-corrected chi connectivity index (χ0v) is 8.86. The van der Waals surface area contributed by atoms with Crippen LogP contribution in [0.5, 0.6) is 5.75 Å². The molecule has 0 saturated carbocycles. The Bertz CT molecular complexity index is 364. The number of carbonyl (C=O) groups excluding carboxylic acids is 1. The van der Waals surface area contributed by atoms with Gasteiger partial charge in [0, 0.05) is 10.6 Å². The van der Waals surface area contributed by atoms with Crippen LogP contribution >= 0.6 is 11.6 Å². The van der Waals surface area contributed by atoms with E-state index in [0.717, 1.165) is 0 Å². The van der Waals surface area contributed by atoms with Gasteiger partial charge in [0.05, 0.1) is 19.6 Å². The van der Waals surface area contributed by atoms with Crippen molar-refractivity contribution in [2.75, 3.05) is 7.11 Å². The van der Waals surface area contributed by atoms with E-state index in [9.17, 15) is 15.0 Å². The number of hydrogen-bond acceptors (Lipinski definition) is 4. The first kappa shape index (κ1) is 11.8. The van der Waals surface area contributed by atoms with E-state index in [2.05, 4.69) is 4.74 Å². The lowest BCUT2D eigenvalue weighted by Gasteiger charge is -2.11. The van der Waals surface area contributed by atoms with Gasteiger partial charge in [-0.2, -0.15) is 0 Å². The Kier molecular flexibility index (Phi) is 3.94. The van der Waals surface area contributed by atoms with Crippen LogP contribution in [-0.2, 0) is 9.53 Å². The van der Waals surface area contributed by atoms with E-state index in [1.165, 1.54) is 25.3 Å². The van der Waals surface area contributed by atoms with E-state index in [1.54, 1.807) is 0 Å². The van der Waals surface area contributed by atoms with Gasteiger partial charge < -0.3 is 14.9 Å². The van der Waals surface area contributed by atoms with Crippen molar-refractivity contribution in [3.63, 3.8) is 0 Å². The maximum atomic E-state index is 10.9. The fourth-order valence-electron chi connectivity index (χ4n) is 1.14. The summed E-state index contributed by atoms with van der Waals surface area (Å²) in [5, 5.41) is 19.4. The molecule has 1 aromatic rings. The number of carbonyl (C=O) groups is 1. The Hall–Kier alpha value is -1.26. The van der Waals surface area contributed by atoms with Crippen LogP contribution in [0.2, 0.25) is 5.02 Å². The molecule has 0 unspecified atom stereocenters. The number of aliphatic hydroxyl groups excluding tert-OH is 1. The summed E-state index contributed by atoms with van der Waals surface area (Å²) in [6, 6.07) is 4.26. The van der Waals surface area contributed by atoms with Crippen molar-refractivity contribution < 1.29 is 19.7 Å². The molecule has 5 heteroatoms. The van der Waals surface area contributed by atoms with Gasteiger partial charge in [-0.3, -0.25) is 4.79 Å². The second-order valence-corrected chi connectivity index (χ2v) is 3.44. The molecule has 0 aliphatic rings. The number of phenols is 1. The lowest BCUT2D eigenvalue weighted by Crippen LogP contribution is -2.08. The van der Waals surface area contributed by atoms with Crippen LogP contribution in [0.15, 0.2) is 18.2 Å². The van der Waals surface area contributed by atoms with Crippen molar-refractivity contribution in [1.82, 2.24) is 0 Å². The number of halogens is 1. The maximum absolute atomic E-state index is 10.9.